The van der Waals surface area contributed by atoms with E-state index < -0.39 is 10.0 Å². The molecule has 0 saturated heterocycles. The number of aromatic nitrogens is 1. The van der Waals surface area contributed by atoms with Crippen LogP contribution in [0.5, 0.6) is 0 Å². The molecule has 2 aliphatic rings. The molecule has 2 fully saturated rings. The first-order valence-corrected chi connectivity index (χ1v) is 8.26. The van der Waals surface area contributed by atoms with Crippen molar-refractivity contribution >= 4 is 15.7 Å². The van der Waals surface area contributed by atoms with Crippen molar-refractivity contribution in [1.29, 1.82) is 0 Å². The molecule has 3 N–H and O–H groups in total. The molecule has 1 aromatic heterocycles. The summed E-state index contributed by atoms with van der Waals surface area (Å²) >= 11 is 0. The number of nitrogens with zero attached hydrogens (tertiary/aromatic N) is 1. The van der Waals surface area contributed by atoms with E-state index in [9.17, 15) is 8.42 Å². The molecular weight excluding hydrogens is 262 g/mol. The second kappa shape index (κ2) is 4.76. The lowest BCUT2D eigenvalue weighted by Gasteiger charge is -2.16. The Morgan fingerprint density at radius 2 is 1.95 bits per heavy atom. The molecule has 6 heteroatoms. The number of pyridine rings is 1. The van der Waals surface area contributed by atoms with Crippen LogP contribution in [0.2, 0.25) is 0 Å². The van der Waals surface area contributed by atoms with E-state index in [1.165, 1.54) is 31.9 Å². The second-order valence-electron chi connectivity index (χ2n) is 5.59. The maximum atomic E-state index is 12.2. The normalized spacial score (nSPS) is 19.8. The van der Waals surface area contributed by atoms with Gasteiger partial charge in [-0.3, -0.25) is 0 Å². The number of rotatable bonds is 6. The Labute approximate surface area is 113 Å². The maximum absolute atomic E-state index is 12.2. The third-order valence-electron chi connectivity index (χ3n) is 4.02. The third kappa shape index (κ3) is 2.90. The monoisotopic (exact) mass is 281 g/mol. The molecule has 5 nitrogen and oxygen atoms in total. The van der Waals surface area contributed by atoms with Crippen LogP contribution >= 0.6 is 0 Å². The number of sulfonamides is 1. The number of nitrogens with one attached hydrogen (secondary N) is 1. The summed E-state index contributed by atoms with van der Waals surface area (Å²) in [6.45, 7) is 0.522. The summed E-state index contributed by atoms with van der Waals surface area (Å²) < 4.78 is 27.1. The van der Waals surface area contributed by atoms with Crippen molar-refractivity contribution in [3.05, 3.63) is 18.3 Å². The minimum atomic E-state index is -3.58. The largest absolute Gasteiger partial charge is 0.396 e. The van der Waals surface area contributed by atoms with Crippen LogP contribution in [0.1, 0.15) is 25.7 Å². The molecule has 19 heavy (non-hydrogen) atoms. The summed E-state index contributed by atoms with van der Waals surface area (Å²) in [6, 6.07) is 3.19. The Hall–Kier alpha value is -1.14. The summed E-state index contributed by atoms with van der Waals surface area (Å²) in [6.07, 6.45) is 6.43. The molecular formula is C13H19N3O2S. The molecule has 2 aliphatic carbocycles. The Morgan fingerprint density at radius 3 is 2.47 bits per heavy atom. The van der Waals surface area contributed by atoms with E-state index in [0.717, 1.165) is 11.8 Å². The molecule has 0 unspecified atom stereocenters. The van der Waals surface area contributed by atoms with E-state index in [-0.39, 0.29) is 10.7 Å². The predicted molar refractivity (Wildman–Crippen MR) is 72.8 cm³/mol. The van der Waals surface area contributed by atoms with Crippen LogP contribution in [0.25, 0.3) is 0 Å². The third-order valence-corrected chi connectivity index (χ3v) is 5.42. The van der Waals surface area contributed by atoms with E-state index >= 15 is 0 Å². The van der Waals surface area contributed by atoms with Crippen LogP contribution < -0.4 is 10.5 Å². The second-order valence-corrected chi connectivity index (χ2v) is 7.27. The summed E-state index contributed by atoms with van der Waals surface area (Å²) in [5.74, 6) is 1.94. The maximum Gasteiger partial charge on any atom is 0.260 e. The highest BCUT2D eigenvalue weighted by atomic mass is 32.2. The summed E-state index contributed by atoms with van der Waals surface area (Å²) in [5, 5.41) is -0.0552. The van der Waals surface area contributed by atoms with Crippen molar-refractivity contribution in [3.63, 3.8) is 0 Å². The fourth-order valence-corrected chi connectivity index (χ4v) is 3.80. The molecule has 0 bridgehead atoms. The fraction of sp³-hybridized carbons (Fsp3) is 0.615. The lowest BCUT2D eigenvalue weighted by Crippen LogP contribution is -2.32. The van der Waals surface area contributed by atoms with Crippen molar-refractivity contribution in [3.8, 4) is 0 Å². The first-order valence-electron chi connectivity index (χ1n) is 6.78. The van der Waals surface area contributed by atoms with Gasteiger partial charge >= 0.3 is 0 Å². The first-order chi connectivity index (χ1) is 9.08. The lowest BCUT2D eigenvalue weighted by atomic mass is 9.99. The van der Waals surface area contributed by atoms with Gasteiger partial charge in [-0.2, -0.15) is 0 Å². The average molecular weight is 281 g/mol. The van der Waals surface area contributed by atoms with Crippen molar-refractivity contribution in [2.24, 2.45) is 17.8 Å². The molecule has 3 rings (SSSR count). The van der Waals surface area contributed by atoms with Gasteiger partial charge in [0.1, 0.15) is 0 Å². The van der Waals surface area contributed by atoms with Crippen LogP contribution in [0.3, 0.4) is 0 Å². The van der Waals surface area contributed by atoms with Gasteiger partial charge in [0.15, 0.2) is 5.03 Å². The van der Waals surface area contributed by atoms with Crippen molar-refractivity contribution < 1.29 is 8.42 Å². The SMILES string of the molecule is Nc1cccnc1S(=O)(=O)NCC(C1CC1)C1CC1. The zero-order chi connectivity index (χ0) is 13.5. The van der Waals surface area contributed by atoms with Crippen LogP contribution in [0, 0.1) is 17.8 Å². The number of hydrogen-bond acceptors (Lipinski definition) is 4. The van der Waals surface area contributed by atoms with E-state index in [0.29, 0.717) is 12.5 Å². The number of anilines is 1. The average Bonchev–Trinajstić information content (AvgIpc) is 3.24. The zero-order valence-corrected chi connectivity index (χ0v) is 11.6. The Balaban J connectivity index is 1.69. The van der Waals surface area contributed by atoms with E-state index in [4.69, 9.17) is 5.73 Å². The quantitative estimate of drug-likeness (QED) is 0.825. The van der Waals surface area contributed by atoms with Gasteiger partial charge in [0.2, 0.25) is 0 Å². The van der Waals surface area contributed by atoms with Crippen LogP contribution in [-0.4, -0.2) is 19.9 Å². The molecule has 0 aliphatic heterocycles. The zero-order valence-electron chi connectivity index (χ0n) is 10.7. The molecule has 0 amide bonds. The first kappa shape index (κ1) is 12.9. The minimum absolute atomic E-state index is 0.0552. The van der Waals surface area contributed by atoms with Gasteiger partial charge < -0.3 is 5.73 Å². The van der Waals surface area contributed by atoms with Gasteiger partial charge in [-0.15, -0.1) is 0 Å². The van der Waals surface area contributed by atoms with Gasteiger partial charge in [0, 0.05) is 12.7 Å². The smallest absolute Gasteiger partial charge is 0.260 e. The molecule has 0 radical (unpaired) electrons. The highest BCUT2D eigenvalue weighted by Gasteiger charge is 2.41. The molecule has 0 aromatic carbocycles. The summed E-state index contributed by atoms with van der Waals surface area (Å²) in [5.41, 5.74) is 5.87. The Morgan fingerprint density at radius 1 is 1.32 bits per heavy atom. The van der Waals surface area contributed by atoms with Crippen molar-refractivity contribution in [2.45, 2.75) is 30.7 Å². The number of hydrogen-bond donors (Lipinski definition) is 2. The van der Waals surface area contributed by atoms with Crippen LogP contribution in [0.15, 0.2) is 23.4 Å². The molecule has 2 saturated carbocycles. The fourth-order valence-electron chi connectivity index (χ4n) is 2.67. The van der Waals surface area contributed by atoms with Crippen LogP contribution in [0.4, 0.5) is 5.69 Å². The van der Waals surface area contributed by atoms with E-state index in [1.807, 2.05) is 0 Å². The topological polar surface area (TPSA) is 85.1 Å². The molecule has 0 atom stereocenters. The summed E-state index contributed by atoms with van der Waals surface area (Å²) in [7, 11) is -3.58. The highest BCUT2D eigenvalue weighted by molar-refractivity contribution is 7.89. The Kier molecular flexibility index (Phi) is 3.22. The van der Waals surface area contributed by atoms with Crippen LogP contribution in [-0.2, 0) is 10.0 Å². The standard InChI is InChI=1S/C13H19N3O2S/c14-12-2-1-7-15-13(12)19(17,18)16-8-11(9-3-4-9)10-5-6-10/h1-2,7,9-11,16H,3-6,8,14H2. The highest BCUT2D eigenvalue weighted by Crippen LogP contribution is 2.48. The van der Waals surface area contributed by atoms with Gasteiger partial charge in [-0.05, 0) is 55.6 Å². The van der Waals surface area contributed by atoms with E-state index in [1.54, 1.807) is 12.1 Å². The van der Waals surface area contributed by atoms with Gasteiger partial charge in [-0.1, -0.05) is 0 Å². The molecule has 1 heterocycles. The molecule has 1 aromatic rings. The summed E-state index contributed by atoms with van der Waals surface area (Å²) in [4.78, 5) is 3.87. The predicted octanol–water partition coefficient (Wildman–Crippen LogP) is 1.38. The number of nitrogens with two attached hydrogens (primary N) is 1. The minimum Gasteiger partial charge on any atom is -0.396 e. The van der Waals surface area contributed by atoms with Crippen molar-refractivity contribution in [2.75, 3.05) is 12.3 Å². The lowest BCUT2D eigenvalue weighted by molar-refractivity contribution is 0.401. The van der Waals surface area contributed by atoms with Crippen molar-refractivity contribution in [1.82, 2.24) is 9.71 Å². The van der Waals surface area contributed by atoms with E-state index in [2.05, 4.69) is 9.71 Å². The molecule has 104 valence electrons. The van der Waals surface area contributed by atoms with Gasteiger partial charge in [-0.25, -0.2) is 18.1 Å². The Bertz CT molecular complexity index is 553. The number of nitrogen functional groups attached to an aromatic ring is 1. The van der Waals surface area contributed by atoms with Gasteiger partial charge in [0.25, 0.3) is 10.0 Å². The van der Waals surface area contributed by atoms with Gasteiger partial charge in [0.05, 0.1) is 5.69 Å². The molecule has 0 spiro atoms.